The summed E-state index contributed by atoms with van der Waals surface area (Å²) in [5, 5.41) is 2.95. The van der Waals surface area contributed by atoms with Gasteiger partial charge in [-0.1, -0.05) is 25.0 Å². The van der Waals surface area contributed by atoms with Gasteiger partial charge in [-0.2, -0.15) is 0 Å². The van der Waals surface area contributed by atoms with E-state index in [4.69, 9.17) is 10.5 Å². The Kier molecular flexibility index (Phi) is 6.30. The second kappa shape index (κ2) is 7.50. The van der Waals surface area contributed by atoms with Crippen LogP contribution in [0.5, 0.6) is 5.75 Å². The van der Waals surface area contributed by atoms with Gasteiger partial charge < -0.3 is 15.8 Å². The molecule has 112 valence electrons. The molecule has 0 spiro atoms. The first-order chi connectivity index (χ1) is 9.14. The van der Waals surface area contributed by atoms with Crippen molar-refractivity contribution in [3.63, 3.8) is 0 Å². The lowest BCUT2D eigenvalue weighted by Crippen LogP contribution is -2.52. The maximum atomic E-state index is 12.0. The summed E-state index contributed by atoms with van der Waals surface area (Å²) in [6.45, 7) is 0.629. The van der Waals surface area contributed by atoms with Crippen LogP contribution in [0.15, 0.2) is 24.3 Å². The molecule has 1 saturated carbocycles. The third-order valence-corrected chi connectivity index (χ3v) is 3.81. The molecule has 1 aliphatic carbocycles. The summed E-state index contributed by atoms with van der Waals surface area (Å²) in [7, 11) is 1.65. The first-order valence-corrected chi connectivity index (χ1v) is 6.84. The number of rotatable bonds is 5. The Bertz CT molecular complexity index is 428. The molecule has 0 atom stereocenters. The predicted molar refractivity (Wildman–Crippen MR) is 82.3 cm³/mol. The molecule has 20 heavy (non-hydrogen) atoms. The van der Waals surface area contributed by atoms with E-state index in [1.54, 1.807) is 7.11 Å². The average molecular weight is 299 g/mol. The number of hydrogen-bond acceptors (Lipinski definition) is 3. The van der Waals surface area contributed by atoms with Crippen LogP contribution in [0, 0.1) is 0 Å². The van der Waals surface area contributed by atoms with Crippen molar-refractivity contribution < 1.29 is 9.53 Å². The number of nitrogens with one attached hydrogen (secondary N) is 1. The van der Waals surface area contributed by atoms with E-state index in [2.05, 4.69) is 5.32 Å². The van der Waals surface area contributed by atoms with Crippen molar-refractivity contribution in [1.29, 1.82) is 0 Å². The standard InChI is InChI=1S/C15H22N2O2.ClH/c1-19-13-6-4-12(5-7-13)8-11-17-14(18)15(16)9-2-3-10-15;/h4-7H,2-3,8-11,16H2,1H3,(H,17,18);1H. The van der Waals surface area contributed by atoms with Crippen LogP contribution >= 0.6 is 12.4 Å². The van der Waals surface area contributed by atoms with Crippen molar-refractivity contribution in [2.24, 2.45) is 5.73 Å². The molecule has 3 N–H and O–H groups in total. The summed E-state index contributed by atoms with van der Waals surface area (Å²) < 4.78 is 5.11. The zero-order valence-electron chi connectivity index (χ0n) is 11.9. The molecular formula is C15H23ClN2O2. The molecule has 1 aromatic carbocycles. The number of nitrogens with two attached hydrogens (primary N) is 1. The van der Waals surface area contributed by atoms with Gasteiger partial charge in [-0.25, -0.2) is 0 Å². The van der Waals surface area contributed by atoms with Crippen molar-refractivity contribution in [3.8, 4) is 5.75 Å². The Balaban J connectivity index is 0.00000200. The van der Waals surface area contributed by atoms with Crippen molar-refractivity contribution in [2.45, 2.75) is 37.6 Å². The second-order valence-electron chi connectivity index (χ2n) is 5.22. The topological polar surface area (TPSA) is 64.3 Å². The summed E-state index contributed by atoms with van der Waals surface area (Å²) in [6, 6.07) is 7.88. The zero-order chi connectivity index (χ0) is 13.7. The lowest BCUT2D eigenvalue weighted by molar-refractivity contribution is -0.126. The van der Waals surface area contributed by atoms with Crippen LogP contribution < -0.4 is 15.8 Å². The van der Waals surface area contributed by atoms with E-state index in [9.17, 15) is 4.79 Å². The van der Waals surface area contributed by atoms with Crippen LogP contribution in [0.2, 0.25) is 0 Å². The van der Waals surface area contributed by atoms with Crippen LogP contribution in [0.4, 0.5) is 0 Å². The Morgan fingerprint density at radius 1 is 1.30 bits per heavy atom. The van der Waals surface area contributed by atoms with Crippen LogP contribution in [0.25, 0.3) is 0 Å². The molecule has 5 heteroatoms. The van der Waals surface area contributed by atoms with Gasteiger partial charge in [0.25, 0.3) is 0 Å². The van der Waals surface area contributed by atoms with Gasteiger partial charge in [-0.05, 0) is 37.0 Å². The monoisotopic (exact) mass is 298 g/mol. The summed E-state index contributed by atoms with van der Waals surface area (Å²) in [5.41, 5.74) is 6.65. The third kappa shape index (κ3) is 4.12. The fourth-order valence-corrected chi connectivity index (χ4v) is 2.52. The maximum absolute atomic E-state index is 12.0. The van der Waals surface area contributed by atoms with Crippen molar-refractivity contribution >= 4 is 18.3 Å². The van der Waals surface area contributed by atoms with E-state index in [1.807, 2.05) is 24.3 Å². The van der Waals surface area contributed by atoms with Crippen molar-refractivity contribution in [3.05, 3.63) is 29.8 Å². The van der Waals surface area contributed by atoms with Crippen LogP contribution in [0.1, 0.15) is 31.2 Å². The first kappa shape index (κ1) is 16.8. The Morgan fingerprint density at radius 2 is 1.90 bits per heavy atom. The first-order valence-electron chi connectivity index (χ1n) is 6.84. The largest absolute Gasteiger partial charge is 0.497 e. The minimum absolute atomic E-state index is 0. The molecular weight excluding hydrogens is 276 g/mol. The van der Waals surface area contributed by atoms with Crippen molar-refractivity contribution in [1.82, 2.24) is 5.32 Å². The van der Waals surface area contributed by atoms with Crippen LogP contribution in [-0.2, 0) is 11.2 Å². The van der Waals surface area contributed by atoms with Gasteiger partial charge in [-0.15, -0.1) is 12.4 Å². The number of carbonyl (C=O) groups excluding carboxylic acids is 1. The van der Waals surface area contributed by atoms with Gasteiger partial charge in [0.05, 0.1) is 12.6 Å². The summed E-state index contributed by atoms with van der Waals surface area (Å²) >= 11 is 0. The molecule has 0 aromatic heterocycles. The summed E-state index contributed by atoms with van der Waals surface area (Å²) in [6.07, 6.45) is 4.54. The highest BCUT2D eigenvalue weighted by Gasteiger charge is 2.36. The molecule has 0 radical (unpaired) electrons. The second-order valence-corrected chi connectivity index (χ2v) is 5.22. The van der Waals surface area contributed by atoms with Gasteiger partial charge in [0.15, 0.2) is 0 Å². The van der Waals surface area contributed by atoms with Crippen molar-refractivity contribution in [2.75, 3.05) is 13.7 Å². The maximum Gasteiger partial charge on any atom is 0.240 e. The molecule has 4 nitrogen and oxygen atoms in total. The molecule has 1 amide bonds. The molecule has 0 bridgehead atoms. The van der Waals surface area contributed by atoms with E-state index >= 15 is 0 Å². The van der Waals surface area contributed by atoms with Gasteiger partial charge in [0.2, 0.25) is 5.91 Å². The van der Waals surface area contributed by atoms with Gasteiger partial charge in [0.1, 0.15) is 5.75 Å². The fourth-order valence-electron chi connectivity index (χ4n) is 2.52. The number of halogens is 1. The van der Waals surface area contributed by atoms with E-state index in [-0.39, 0.29) is 18.3 Å². The van der Waals surface area contributed by atoms with E-state index in [0.717, 1.165) is 37.9 Å². The highest BCUT2D eigenvalue weighted by atomic mass is 35.5. The summed E-state index contributed by atoms with van der Waals surface area (Å²) in [5.74, 6) is 0.846. The quantitative estimate of drug-likeness (QED) is 0.874. The minimum atomic E-state index is -0.625. The Labute approximate surface area is 126 Å². The average Bonchev–Trinajstić information content (AvgIpc) is 2.88. The predicted octanol–water partition coefficient (Wildman–Crippen LogP) is 2.05. The van der Waals surface area contributed by atoms with Crippen LogP contribution in [0.3, 0.4) is 0 Å². The SMILES string of the molecule is COc1ccc(CCNC(=O)C2(N)CCCC2)cc1.Cl. The lowest BCUT2D eigenvalue weighted by Gasteiger charge is -2.22. The molecule has 1 aliphatic rings. The Hall–Kier alpha value is -1.26. The molecule has 1 fully saturated rings. The molecule has 1 aromatic rings. The zero-order valence-corrected chi connectivity index (χ0v) is 12.7. The van der Waals surface area contributed by atoms with Gasteiger partial charge in [-0.3, -0.25) is 4.79 Å². The minimum Gasteiger partial charge on any atom is -0.497 e. The number of ether oxygens (including phenoxy) is 1. The summed E-state index contributed by atoms with van der Waals surface area (Å²) in [4.78, 5) is 12.0. The highest BCUT2D eigenvalue weighted by Crippen LogP contribution is 2.27. The highest BCUT2D eigenvalue weighted by molar-refractivity contribution is 5.86. The smallest absolute Gasteiger partial charge is 0.240 e. The molecule has 0 heterocycles. The molecule has 2 rings (SSSR count). The molecule has 0 unspecified atom stereocenters. The number of methoxy groups -OCH3 is 1. The van der Waals surface area contributed by atoms with Gasteiger partial charge >= 0.3 is 0 Å². The van der Waals surface area contributed by atoms with E-state index in [1.165, 1.54) is 5.56 Å². The van der Waals surface area contributed by atoms with Crippen LogP contribution in [-0.4, -0.2) is 25.1 Å². The molecule has 0 aliphatic heterocycles. The Morgan fingerprint density at radius 3 is 2.45 bits per heavy atom. The van der Waals surface area contributed by atoms with E-state index in [0.29, 0.717) is 6.54 Å². The number of amides is 1. The van der Waals surface area contributed by atoms with Gasteiger partial charge in [0, 0.05) is 6.54 Å². The lowest BCUT2D eigenvalue weighted by atomic mass is 9.98. The third-order valence-electron chi connectivity index (χ3n) is 3.81. The van der Waals surface area contributed by atoms with E-state index < -0.39 is 5.54 Å². The number of carbonyl (C=O) groups is 1. The molecule has 0 saturated heterocycles. The number of hydrogen-bond donors (Lipinski definition) is 2. The fraction of sp³-hybridized carbons (Fsp3) is 0.533. The number of benzene rings is 1. The normalized spacial score (nSPS) is 16.3.